The Kier molecular flexibility index (Phi) is 8.76. The molecule has 0 spiro atoms. The Bertz CT molecular complexity index is 693. The van der Waals surface area contributed by atoms with Gasteiger partial charge < -0.3 is 20.1 Å². The van der Waals surface area contributed by atoms with E-state index in [9.17, 15) is 0 Å². The Morgan fingerprint density at radius 3 is 2.50 bits per heavy atom. The number of aryl methyl sites for hydroxylation is 1. The molecule has 2 aliphatic heterocycles. The molecule has 1 atom stereocenters. The highest BCUT2D eigenvalue weighted by Gasteiger charge is 2.32. The summed E-state index contributed by atoms with van der Waals surface area (Å²) >= 11 is 0. The number of piperidine rings is 1. The fourth-order valence-corrected chi connectivity index (χ4v) is 4.69. The number of guanidine groups is 1. The molecular formula is C21H39IN8. The van der Waals surface area contributed by atoms with Crippen molar-refractivity contribution in [2.24, 2.45) is 12.0 Å². The SMILES string of the molecule is CCN1CCCC1CNC(=NCc1nnc(C)n1C)NC1CCN(C2CC2)CC1.I. The zero-order valence-electron chi connectivity index (χ0n) is 18.8. The number of hydrogen-bond acceptors (Lipinski definition) is 5. The lowest BCUT2D eigenvalue weighted by Gasteiger charge is -2.33. The second-order valence-electron chi connectivity index (χ2n) is 8.88. The molecular weight excluding hydrogens is 491 g/mol. The smallest absolute Gasteiger partial charge is 0.191 e. The monoisotopic (exact) mass is 530 g/mol. The number of aliphatic imine (C=N–C) groups is 1. The number of nitrogens with one attached hydrogen (secondary N) is 2. The molecule has 0 radical (unpaired) electrons. The molecule has 1 unspecified atom stereocenters. The van der Waals surface area contributed by atoms with Crippen molar-refractivity contribution in [3.63, 3.8) is 0 Å². The van der Waals surface area contributed by atoms with Gasteiger partial charge in [0.25, 0.3) is 0 Å². The van der Waals surface area contributed by atoms with Gasteiger partial charge in [0.2, 0.25) is 0 Å². The Labute approximate surface area is 198 Å². The molecule has 3 aliphatic rings. The summed E-state index contributed by atoms with van der Waals surface area (Å²) in [4.78, 5) is 10.1. The lowest BCUT2D eigenvalue weighted by atomic mass is 10.1. The Morgan fingerprint density at radius 1 is 1.10 bits per heavy atom. The molecule has 1 aromatic heterocycles. The quantitative estimate of drug-likeness (QED) is 0.319. The van der Waals surface area contributed by atoms with E-state index in [0.717, 1.165) is 36.7 Å². The van der Waals surface area contributed by atoms with E-state index < -0.39 is 0 Å². The third-order valence-corrected chi connectivity index (χ3v) is 6.91. The molecule has 9 heteroatoms. The van der Waals surface area contributed by atoms with E-state index >= 15 is 0 Å². The molecule has 30 heavy (non-hydrogen) atoms. The summed E-state index contributed by atoms with van der Waals surface area (Å²) in [5.74, 6) is 2.76. The number of likely N-dealkylation sites (N-methyl/N-ethyl adjacent to an activating group) is 1. The minimum Gasteiger partial charge on any atom is -0.355 e. The van der Waals surface area contributed by atoms with Crippen LogP contribution in [-0.4, -0.2) is 81.4 Å². The zero-order valence-corrected chi connectivity index (χ0v) is 21.1. The molecule has 1 aromatic rings. The molecule has 170 valence electrons. The van der Waals surface area contributed by atoms with E-state index in [1.165, 1.54) is 58.2 Å². The van der Waals surface area contributed by atoms with Crippen LogP contribution in [0.4, 0.5) is 0 Å². The largest absolute Gasteiger partial charge is 0.355 e. The van der Waals surface area contributed by atoms with Crippen LogP contribution in [-0.2, 0) is 13.6 Å². The number of aromatic nitrogens is 3. The highest BCUT2D eigenvalue weighted by atomic mass is 127. The fraction of sp³-hybridized carbons (Fsp3) is 0.857. The van der Waals surface area contributed by atoms with Gasteiger partial charge in [-0.15, -0.1) is 34.2 Å². The van der Waals surface area contributed by atoms with Gasteiger partial charge in [-0.2, -0.15) is 0 Å². The van der Waals surface area contributed by atoms with E-state index in [4.69, 9.17) is 4.99 Å². The number of nitrogens with zero attached hydrogens (tertiary/aromatic N) is 6. The predicted octanol–water partition coefficient (Wildman–Crippen LogP) is 1.89. The standard InChI is InChI=1S/C21H38N8.HI/c1-4-28-11-5-6-19(28)14-22-21(23-15-20-26-25-16(2)27(20)3)24-17-9-12-29(13-10-17)18-7-8-18;/h17-19H,4-15H2,1-3H3,(H2,22,23,24);1H. The maximum absolute atomic E-state index is 4.88. The summed E-state index contributed by atoms with van der Waals surface area (Å²) in [6.45, 7) is 10.5. The van der Waals surface area contributed by atoms with Crippen LogP contribution >= 0.6 is 24.0 Å². The van der Waals surface area contributed by atoms with Crippen molar-refractivity contribution in [3.05, 3.63) is 11.6 Å². The first-order valence-corrected chi connectivity index (χ1v) is 11.5. The Balaban J connectivity index is 0.00000256. The van der Waals surface area contributed by atoms with Crippen molar-refractivity contribution < 1.29 is 0 Å². The summed E-state index contributed by atoms with van der Waals surface area (Å²) in [7, 11) is 2.01. The number of hydrogen-bond donors (Lipinski definition) is 2. The summed E-state index contributed by atoms with van der Waals surface area (Å²) in [5.41, 5.74) is 0. The van der Waals surface area contributed by atoms with E-state index in [2.05, 4.69) is 37.6 Å². The predicted molar refractivity (Wildman–Crippen MR) is 131 cm³/mol. The van der Waals surface area contributed by atoms with E-state index in [0.29, 0.717) is 18.6 Å². The molecule has 4 rings (SSSR count). The highest BCUT2D eigenvalue weighted by molar-refractivity contribution is 14.0. The van der Waals surface area contributed by atoms with Crippen LogP contribution in [0.5, 0.6) is 0 Å². The van der Waals surface area contributed by atoms with Crippen LogP contribution in [0.15, 0.2) is 4.99 Å². The average molecular weight is 531 g/mol. The first-order chi connectivity index (χ1) is 14.1. The first-order valence-electron chi connectivity index (χ1n) is 11.5. The van der Waals surface area contributed by atoms with Crippen LogP contribution in [0.1, 0.15) is 57.1 Å². The van der Waals surface area contributed by atoms with E-state index in [1.807, 2.05) is 18.5 Å². The molecule has 8 nitrogen and oxygen atoms in total. The number of likely N-dealkylation sites (tertiary alicyclic amines) is 2. The zero-order chi connectivity index (χ0) is 20.2. The van der Waals surface area contributed by atoms with Crippen LogP contribution in [0.25, 0.3) is 0 Å². The number of halogens is 1. The maximum Gasteiger partial charge on any atom is 0.191 e. The molecule has 0 amide bonds. The fourth-order valence-electron chi connectivity index (χ4n) is 4.69. The minimum absolute atomic E-state index is 0. The second kappa shape index (κ2) is 11.1. The van der Waals surface area contributed by atoms with Crippen molar-refractivity contribution in [1.29, 1.82) is 0 Å². The summed E-state index contributed by atoms with van der Waals surface area (Å²) < 4.78 is 2.02. The highest BCUT2D eigenvalue weighted by Crippen LogP contribution is 2.29. The molecule has 3 heterocycles. The van der Waals surface area contributed by atoms with Gasteiger partial charge in [-0.3, -0.25) is 4.90 Å². The van der Waals surface area contributed by atoms with Gasteiger partial charge in [-0.25, -0.2) is 4.99 Å². The van der Waals surface area contributed by atoms with E-state index in [1.54, 1.807) is 0 Å². The number of rotatable bonds is 7. The summed E-state index contributed by atoms with van der Waals surface area (Å²) in [6, 6.07) is 1.99. The molecule has 3 fully saturated rings. The third kappa shape index (κ3) is 6.06. The summed E-state index contributed by atoms with van der Waals surface area (Å²) in [6.07, 6.45) is 7.78. The summed E-state index contributed by atoms with van der Waals surface area (Å²) in [5, 5.41) is 15.8. The molecule has 1 saturated carbocycles. The lowest BCUT2D eigenvalue weighted by molar-refractivity contribution is 0.197. The van der Waals surface area contributed by atoms with Crippen LogP contribution < -0.4 is 10.6 Å². The second-order valence-corrected chi connectivity index (χ2v) is 8.88. The van der Waals surface area contributed by atoms with Crippen molar-refractivity contribution >= 4 is 29.9 Å². The third-order valence-electron chi connectivity index (χ3n) is 6.91. The average Bonchev–Trinajstić information content (AvgIpc) is 3.41. The van der Waals surface area contributed by atoms with E-state index in [-0.39, 0.29) is 24.0 Å². The molecule has 0 aromatic carbocycles. The van der Waals surface area contributed by atoms with Crippen molar-refractivity contribution in [3.8, 4) is 0 Å². The molecule has 0 bridgehead atoms. The Hall–Kier alpha value is -0.940. The van der Waals surface area contributed by atoms with Gasteiger partial charge in [-0.1, -0.05) is 6.92 Å². The molecule has 1 aliphatic carbocycles. The van der Waals surface area contributed by atoms with Crippen LogP contribution in [0.3, 0.4) is 0 Å². The normalized spacial score (nSPS) is 24.1. The van der Waals surface area contributed by atoms with Gasteiger partial charge >= 0.3 is 0 Å². The maximum atomic E-state index is 4.88. The van der Waals surface area contributed by atoms with Crippen LogP contribution in [0, 0.1) is 6.92 Å². The van der Waals surface area contributed by atoms with Crippen LogP contribution in [0.2, 0.25) is 0 Å². The lowest BCUT2D eigenvalue weighted by Crippen LogP contribution is -2.51. The van der Waals surface area contributed by atoms with Gasteiger partial charge in [0.05, 0.1) is 0 Å². The topological polar surface area (TPSA) is 73.6 Å². The van der Waals surface area contributed by atoms with Crippen molar-refractivity contribution in [2.45, 2.75) is 77.0 Å². The first kappa shape index (κ1) is 23.7. The van der Waals surface area contributed by atoms with Gasteiger partial charge in [0.15, 0.2) is 11.8 Å². The minimum atomic E-state index is 0. The Morgan fingerprint density at radius 2 is 1.87 bits per heavy atom. The van der Waals surface area contributed by atoms with Gasteiger partial charge in [-0.05, 0) is 58.5 Å². The van der Waals surface area contributed by atoms with Crippen molar-refractivity contribution in [1.82, 2.24) is 35.2 Å². The van der Waals surface area contributed by atoms with Crippen molar-refractivity contribution in [2.75, 3.05) is 32.7 Å². The van der Waals surface area contributed by atoms with Gasteiger partial charge in [0, 0.05) is 44.8 Å². The molecule has 2 N–H and O–H groups in total. The molecule has 2 saturated heterocycles. The van der Waals surface area contributed by atoms with Gasteiger partial charge in [0.1, 0.15) is 12.4 Å².